The number of benzene rings is 2. The molecule has 0 fully saturated rings. The smallest absolute Gasteiger partial charge is 0.255 e. The molecule has 1 aliphatic heterocycles. The molecule has 3 aromatic rings. The van der Waals surface area contributed by atoms with Crippen LogP contribution in [-0.4, -0.2) is 22.3 Å². The van der Waals surface area contributed by atoms with Crippen LogP contribution >= 0.6 is 11.6 Å². The number of carbonyl (C=O) groups excluding carboxylic acids is 1. The van der Waals surface area contributed by atoms with Crippen molar-refractivity contribution in [3.05, 3.63) is 70.4 Å². The highest BCUT2D eigenvalue weighted by Gasteiger charge is 2.34. The van der Waals surface area contributed by atoms with Gasteiger partial charge in [0.15, 0.2) is 0 Å². The van der Waals surface area contributed by atoms with Gasteiger partial charge in [-0.2, -0.15) is 0 Å². The van der Waals surface area contributed by atoms with Crippen molar-refractivity contribution >= 4 is 28.4 Å². The Morgan fingerprint density at radius 2 is 1.92 bits per heavy atom. The summed E-state index contributed by atoms with van der Waals surface area (Å²) in [4.78, 5) is 18.9. The lowest BCUT2D eigenvalue weighted by molar-refractivity contribution is 0.0632. The molecule has 1 N–H and O–H groups in total. The molecular formula is C22H23ClN2O. The van der Waals surface area contributed by atoms with E-state index in [1.807, 2.05) is 23.1 Å². The number of H-pyrrole nitrogens is 1. The Labute approximate surface area is 159 Å². The zero-order valence-electron chi connectivity index (χ0n) is 15.1. The van der Waals surface area contributed by atoms with Crippen molar-refractivity contribution in [1.82, 2.24) is 9.88 Å². The quantitative estimate of drug-likeness (QED) is 0.642. The van der Waals surface area contributed by atoms with Gasteiger partial charge in [-0.3, -0.25) is 4.79 Å². The molecule has 1 atom stereocenters. The number of aromatic nitrogens is 1. The van der Waals surface area contributed by atoms with E-state index in [9.17, 15) is 4.79 Å². The van der Waals surface area contributed by atoms with Crippen LogP contribution in [0.15, 0.2) is 48.5 Å². The van der Waals surface area contributed by atoms with Crippen molar-refractivity contribution in [3.63, 3.8) is 0 Å². The van der Waals surface area contributed by atoms with Crippen molar-refractivity contribution < 1.29 is 4.79 Å². The first kappa shape index (κ1) is 17.2. The molecule has 1 aromatic heterocycles. The first-order valence-corrected chi connectivity index (χ1v) is 9.59. The summed E-state index contributed by atoms with van der Waals surface area (Å²) in [5.74, 6) is 0.504. The summed E-state index contributed by atoms with van der Waals surface area (Å²) in [5.41, 5.74) is 4.28. The Kier molecular flexibility index (Phi) is 4.49. The molecule has 4 heteroatoms. The standard InChI is InChI=1S/C22H23ClN2O/c1-14(2)13-20-21-16(15-7-4-6-10-19(15)24-21)11-12-25(20)22(26)17-8-3-5-9-18(17)23/h3-10,14,20,24H,11-13H2,1-2H3. The largest absolute Gasteiger partial charge is 0.356 e. The molecular weight excluding hydrogens is 344 g/mol. The monoisotopic (exact) mass is 366 g/mol. The van der Waals surface area contributed by atoms with Crippen molar-refractivity contribution in [3.8, 4) is 0 Å². The molecule has 1 amide bonds. The molecule has 0 radical (unpaired) electrons. The maximum absolute atomic E-state index is 13.3. The van der Waals surface area contributed by atoms with Crippen LogP contribution in [0.1, 0.15) is 47.9 Å². The van der Waals surface area contributed by atoms with Crippen molar-refractivity contribution in [2.24, 2.45) is 5.92 Å². The van der Waals surface area contributed by atoms with Crippen molar-refractivity contribution in [1.29, 1.82) is 0 Å². The van der Waals surface area contributed by atoms with Crippen LogP contribution in [0.2, 0.25) is 5.02 Å². The van der Waals surface area contributed by atoms with Gasteiger partial charge in [0.05, 0.1) is 16.6 Å². The number of nitrogens with one attached hydrogen (secondary N) is 1. The fraction of sp³-hybridized carbons (Fsp3) is 0.318. The number of para-hydroxylation sites is 1. The highest BCUT2D eigenvalue weighted by atomic mass is 35.5. The van der Waals surface area contributed by atoms with Crippen LogP contribution in [0.25, 0.3) is 10.9 Å². The molecule has 2 heterocycles. The lowest BCUT2D eigenvalue weighted by atomic mass is 9.91. The van der Waals surface area contributed by atoms with E-state index in [1.54, 1.807) is 6.07 Å². The molecule has 0 aliphatic carbocycles. The molecule has 0 spiro atoms. The lowest BCUT2D eigenvalue weighted by Gasteiger charge is -2.37. The number of hydrogen-bond donors (Lipinski definition) is 1. The lowest BCUT2D eigenvalue weighted by Crippen LogP contribution is -2.40. The van der Waals surface area contributed by atoms with Crippen LogP contribution in [0.5, 0.6) is 0 Å². The van der Waals surface area contributed by atoms with Gasteiger partial charge in [0.1, 0.15) is 0 Å². The summed E-state index contributed by atoms with van der Waals surface area (Å²) in [6.45, 7) is 5.13. The second kappa shape index (κ2) is 6.81. The van der Waals surface area contributed by atoms with E-state index < -0.39 is 0 Å². The van der Waals surface area contributed by atoms with Gasteiger partial charge in [0.25, 0.3) is 5.91 Å². The van der Waals surface area contributed by atoms with E-state index in [0.29, 0.717) is 16.5 Å². The Balaban J connectivity index is 1.78. The Morgan fingerprint density at radius 3 is 2.69 bits per heavy atom. The van der Waals surface area contributed by atoms with Crippen LogP contribution in [0.4, 0.5) is 0 Å². The van der Waals surface area contributed by atoms with Gasteiger partial charge in [-0.1, -0.05) is 55.8 Å². The highest BCUT2D eigenvalue weighted by Crippen LogP contribution is 2.38. The predicted octanol–water partition coefficient (Wildman–Crippen LogP) is 5.61. The molecule has 0 saturated heterocycles. The first-order chi connectivity index (χ1) is 12.6. The maximum atomic E-state index is 13.3. The second-order valence-electron chi connectivity index (χ2n) is 7.44. The van der Waals surface area contributed by atoms with E-state index in [2.05, 4.69) is 43.1 Å². The summed E-state index contributed by atoms with van der Waals surface area (Å²) < 4.78 is 0. The van der Waals surface area contributed by atoms with Crippen LogP contribution in [0.3, 0.4) is 0 Å². The van der Waals surface area contributed by atoms with Gasteiger partial charge in [0, 0.05) is 23.1 Å². The van der Waals surface area contributed by atoms with Gasteiger partial charge >= 0.3 is 0 Å². The minimum Gasteiger partial charge on any atom is -0.356 e. The average Bonchev–Trinajstić information content (AvgIpc) is 3.01. The summed E-state index contributed by atoms with van der Waals surface area (Å²) in [5, 5.41) is 1.80. The van der Waals surface area contributed by atoms with Crippen LogP contribution in [-0.2, 0) is 6.42 Å². The second-order valence-corrected chi connectivity index (χ2v) is 7.84. The Bertz CT molecular complexity index is 960. The number of fused-ring (bicyclic) bond motifs is 3. The zero-order chi connectivity index (χ0) is 18.3. The van der Waals surface area contributed by atoms with Gasteiger partial charge in [0.2, 0.25) is 0 Å². The number of amides is 1. The number of aromatic amines is 1. The van der Waals surface area contributed by atoms with Crippen LogP contribution < -0.4 is 0 Å². The number of hydrogen-bond acceptors (Lipinski definition) is 1. The average molecular weight is 367 g/mol. The third-order valence-corrected chi connectivity index (χ3v) is 5.55. The Morgan fingerprint density at radius 1 is 1.19 bits per heavy atom. The third kappa shape index (κ3) is 2.90. The van der Waals surface area contributed by atoms with E-state index in [0.717, 1.165) is 24.9 Å². The van der Waals surface area contributed by atoms with Crippen molar-refractivity contribution in [2.45, 2.75) is 32.7 Å². The first-order valence-electron chi connectivity index (χ1n) is 9.21. The molecule has 1 unspecified atom stereocenters. The number of carbonyl (C=O) groups is 1. The molecule has 0 saturated carbocycles. The highest BCUT2D eigenvalue weighted by molar-refractivity contribution is 6.33. The Hall–Kier alpha value is -2.26. The fourth-order valence-corrected chi connectivity index (χ4v) is 4.26. The van der Waals surface area contributed by atoms with Gasteiger partial charge < -0.3 is 9.88 Å². The summed E-state index contributed by atoms with van der Waals surface area (Å²) >= 11 is 6.30. The van der Waals surface area contributed by atoms with E-state index in [1.165, 1.54) is 16.6 Å². The third-order valence-electron chi connectivity index (χ3n) is 5.22. The normalized spacial score (nSPS) is 16.9. The molecule has 134 valence electrons. The van der Waals surface area contributed by atoms with Gasteiger partial charge in [-0.05, 0) is 42.5 Å². The number of rotatable bonds is 3. The van der Waals surface area contributed by atoms with E-state index in [4.69, 9.17) is 11.6 Å². The minimum atomic E-state index is 0.0190. The minimum absolute atomic E-state index is 0.0190. The molecule has 4 rings (SSSR count). The fourth-order valence-electron chi connectivity index (χ4n) is 4.04. The molecule has 1 aliphatic rings. The van der Waals surface area contributed by atoms with Crippen LogP contribution in [0, 0.1) is 5.92 Å². The summed E-state index contributed by atoms with van der Waals surface area (Å²) in [6.07, 6.45) is 1.79. The van der Waals surface area contributed by atoms with E-state index >= 15 is 0 Å². The SMILES string of the molecule is CC(C)CC1c2[nH]c3ccccc3c2CCN1C(=O)c1ccccc1Cl. The molecule has 2 aromatic carbocycles. The molecule has 0 bridgehead atoms. The maximum Gasteiger partial charge on any atom is 0.255 e. The number of halogens is 1. The topological polar surface area (TPSA) is 36.1 Å². The molecule has 26 heavy (non-hydrogen) atoms. The summed E-state index contributed by atoms with van der Waals surface area (Å²) in [6, 6.07) is 15.8. The zero-order valence-corrected chi connectivity index (χ0v) is 15.9. The summed E-state index contributed by atoms with van der Waals surface area (Å²) in [7, 11) is 0. The van der Waals surface area contributed by atoms with E-state index in [-0.39, 0.29) is 11.9 Å². The van der Waals surface area contributed by atoms with Gasteiger partial charge in [-0.25, -0.2) is 0 Å². The van der Waals surface area contributed by atoms with Crippen molar-refractivity contribution in [2.75, 3.05) is 6.54 Å². The van der Waals surface area contributed by atoms with Gasteiger partial charge in [-0.15, -0.1) is 0 Å². The molecule has 3 nitrogen and oxygen atoms in total. The predicted molar refractivity (Wildman–Crippen MR) is 107 cm³/mol. The number of nitrogens with zero attached hydrogens (tertiary/aromatic N) is 1.